The van der Waals surface area contributed by atoms with Crippen LogP contribution < -0.4 is 5.73 Å². The van der Waals surface area contributed by atoms with Crippen LogP contribution in [0.5, 0.6) is 0 Å². The highest BCUT2D eigenvalue weighted by atomic mass is 16.5. The number of aryl methyl sites for hydroxylation is 1. The molecule has 1 aliphatic rings. The lowest BCUT2D eigenvalue weighted by Gasteiger charge is -2.26. The summed E-state index contributed by atoms with van der Waals surface area (Å²) in [6.07, 6.45) is 0.694. The summed E-state index contributed by atoms with van der Waals surface area (Å²) in [5.74, 6) is 0.914. The second-order valence-electron chi connectivity index (χ2n) is 5.03. The minimum atomic E-state index is 0.0536. The molecule has 1 aromatic heterocycles. The van der Waals surface area contributed by atoms with Crippen molar-refractivity contribution in [3.63, 3.8) is 0 Å². The minimum absolute atomic E-state index is 0.0536. The largest absolute Gasteiger partial charge is 0.361 e. The number of nitrogens with two attached hydrogens (primary N) is 1. The van der Waals surface area contributed by atoms with Crippen molar-refractivity contribution in [2.75, 3.05) is 6.54 Å². The van der Waals surface area contributed by atoms with Crippen molar-refractivity contribution in [1.82, 2.24) is 10.1 Å². The molecule has 5 nitrogen and oxygen atoms in total. The molecule has 1 aliphatic heterocycles. The van der Waals surface area contributed by atoms with Crippen molar-refractivity contribution in [2.24, 2.45) is 5.73 Å². The SMILES string of the molecule is Cc1ccccc1C(=O)N1CCc2onc(CN)c2C1. The number of amides is 1. The summed E-state index contributed by atoms with van der Waals surface area (Å²) < 4.78 is 5.27. The third kappa shape index (κ3) is 2.10. The second kappa shape index (κ2) is 5.09. The van der Waals surface area contributed by atoms with Gasteiger partial charge in [0.25, 0.3) is 5.91 Å². The Morgan fingerprint density at radius 1 is 1.45 bits per heavy atom. The third-order valence-corrected chi connectivity index (χ3v) is 3.76. The van der Waals surface area contributed by atoms with Crippen molar-refractivity contribution in [3.8, 4) is 0 Å². The molecule has 0 atom stereocenters. The predicted octanol–water partition coefficient (Wildman–Crippen LogP) is 1.64. The maximum atomic E-state index is 12.6. The molecule has 0 bridgehead atoms. The molecule has 2 aromatic rings. The highest BCUT2D eigenvalue weighted by Crippen LogP contribution is 2.24. The molecule has 0 aliphatic carbocycles. The third-order valence-electron chi connectivity index (χ3n) is 3.76. The summed E-state index contributed by atoms with van der Waals surface area (Å²) in [6.45, 7) is 3.47. The Labute approximate surface area is 117 Å². The van der Waals surface area contributed by atoms with Crippen LogP contribution in [0.2, 0.25) is 0 Å². The Morgan fingerprint density at radius 2 is 2.25 bits per heavy atom. The van der Waals surface area contributed by atoms with Crippen molar-refractivity contribution in [1.29, 1.82) is 0 Å². The molecule has 0 radical (unpaired) electrons. The summed E-state index contributed by atoms with van der Waals surface area (Å²) in [7, 11) is 0. The highest BCUT2D eigenvalue weighted by molar-refractivity contribution is 5.95. The second-order valence-corrected chi connectivity index (χ2v) is 5.03. The molecule has 0 saturated heterocycles. The van der Waals surface area contributed by atoms with Gasteiger partial charge >= 0.3 is 0 Å². The highest BCUT2D eigenvalue weighted by Gasteiger charge is 2.27. The molecular weight excluding hydrogens is 254 g/mol. The van der Waals surface area contributed by atoms with E-state index in [-0.39, 0.29) is 5.91 Å². The van der Waals surface area contributed by atoms with E-state index in [1.807, 2.05) is 36.1 Å². The van der Waals surface area contributed by atoms with E-state index in [9.17, 15) is 4.79 Å². The number of carbonyl (C=O) groups excluding carboxylic acids is 1. The predicted molar refractivity (Wildman–Crippen MR) is 74.0 cm³/mol. The number of rotatable bonds is 2. The fourth-order valence-corrected chi connectivity index (χ4v) is 2.58. The molecule has 0 saturated carbocycles. The quantitative estimate of drug-likeness (QED) is 0.901. The van der Waals surface area contributed by atoms with Crippen LogP contribution in [-0.2, 0) is 19.5 Å². The van der Waals surface area contributed by atoms with E-state index in [1.54, 1.807) is 0 Å². The maximum absolute atomic E-state index is 12.6. The van der Waals surface area contributed by atoms with Gasteiger partial charge in [0, 0.05) is 30.6 Å². The van der Waals surface area contributed by atoms with Crippen LogP contribution in [0.1, 0.15) is 32.9 Å². The van der Waals surface area contributed by atoms with Crippen molar-refractivity contribution in [3.05, 3.63) is 52.4 Å². The van der Waals surface area contributed by atoms with Crippen molar-refractivity contribution in [2.45, 2.75) is 26.4 Å². The molecule has 20 heavy (non-hydrogen) atoms. The molecule has 1 amide bonds. The maximum Gasteiger partial charge on any atom is 0.254 e. The van der Waals surface area contributed by atoms with Gasteiger partial charge in [-0.05, 0) is 18.6 Å². The van der Waals surface area contributed by atoms with E-state index in [0.29, 0.717) is 26.1 Å². The minimum Gasteiger partial charge on any atom is -0.361 e. The number of carbonyl (C=O) groups is 1. The first-order valence-corrected chi connectivity index (χ1v) is 6.72. The van der Waals surface area contributed by atoms with Crippen LogP contribution in [0.4, 0.5) is 0 Å². The fourth-order valence-electron chi connectivity index (χ4n) is 2.58. The summed E-state index contributed by atoms with van der Waals surface area (Å²) in [6, 6.07) is 7.64. The van der Waals surface area contributed by atoms with E-state index in [1.165, 1.54) is 0 Å². The van der Waals surface area contributed by atoms with E-state index in [0.717, 1.165) is 28.1 Å². The summed E-state index contributed by atoms with van der Waals surface area (Å²) >= 11 is 0. The lowest BCUT2D eigenvalue weighted by molar-refractivity contribution is 0.0728. The molecule has 5 heteroatoms. The van der Waals surface area contributed by atoms with Crippen LogP contribution in [0.25, 0.3) is 0 Å². The molecule has 104 valence electrons. The Kier molecular flexibility index (Phi) is 3.28. The average molecular weight is 271 g/mol. The fraction of sp³-hybridized carbons (Fsp3) is 0.333. The zero-order valence-corrected chi connectivity index (χ0v) is 11.4. The van der Waals surface area contributed by atoms with E-state index < -0.39 is 0 Å². The van der Waals surface area contributed by atoms with Gasteiger partial charge in [0.2, 0.25) is 0 Å². The zero-order valence-electron chi connectivity index (χ0n) is 11.4. The Morgan fingerprint density at radius 3 is 3.00 bits per heavy atom. The Balaban J connectivity index is 1.87. The summed E-state index contributed by atoms with van der Waals surface area (Å²) in [5, 5.41) is 3.96. The average Bonchev–Trinajstić information content (AvgIpc) is 2.89. The summed E-state index contributed by atoms with van der Waals surface area (Å²) in [5.41, 5.74) is 9.12. The number of fused-ring (bicyclic) bond motifs is 1. The molecule has 0 fully saturated rings. The van der Waals surface area contributed by atoms with Crippen LogP contribution in [-0.4, -0.2) is 22.5 Å². The van der Waals surface area contributed by atoms with E-state index in [2.05, 4.69) is 5.16 Å². The zero-order chi connectivity index (χ0) is 14.1. The van der Waals surface area contributed by atoms with Crippen molar-refractivity contribution >= 4 is 5.91 Å². The van der Waals surface area contributed by atoms with Crippen LogP contribution >= 0.6 is 0 Å². The van der Waals surface area contributed by atoms with Crippen molar-refractivity contribution < 1.29 is 9.32 Å². The number of aromatic nitrogens is 1. The lowest BCUT2D eigenvalue weighted by atomic mass is 10.0. The smallest absolute Gasteiger partial charge is 0.254 e. The van der Waals surface area contributed by atoms with Gasteiger partial charge < -0.3 is 15.2 Å². The van der Waals surface area contributed by atoms with Gasteiger partial charge in [-0.15, -0.1) is 0 Å². The Hall–Kier alpha value is -2.14. The first-order chi connectivity index (χ1) is 9.70. The number of nitrogens with zero attached hydrogens (tertiary/aromatic N) is 2. The van der Waals surface area contributed by atoms with Gasteiger partial charge in [-0.1, -0.05) is 23.4 Å². The van der Waals surface area contributed by atoms with E-state index >= 15 is 0 Å². The van der Waals surface area contributed by atoms with Gasteiger partial charge in [0.05, 0.1) is 6.54 Å². The lowest BCUT2D eigenvalue weighted by Crippen LogP contribution is -2.36. The summed E-state index contributed by atoms with van der Waals surface area (Å²) in [4.78, 5) is 14.4. The van der Waals surface area contributed by atoms with Gasteiger partial charge in [-0.25, -0.2) is 0 Å². The van der Waals surface area contributed by atoms with Crippen LogP contribution in [0, 0.1) is 6.92 Å². The molecule has 0 spiro atoms. The van der Waals surface area contributed by atoms with Gasteiger partial charge in [0.1, 0.15) is 11.5 Å². The Bertz CT molecular complexity index is 635. The molecule has 0 unspecified atom stereocenters. The molecule has 1 aromatic carbocycles. The van der Waals surface area contributed by atoms with Gasteiger partial charge in [-0.3, -0.25) is 4.79 Å². The number of benzene rings is 1. The molecular formula is C15H17N3O2. The van der Waals surface area contributed by atoms with E-state index in [4.69, 9.17) is 10.3 Å². The standard InChI is InChI=1S/C15H17N3O2/c1-10-4-2-3-5-11(10)15(19)18-7-6-14-12(9-18)13(8-16)17-20-14/h2-5H,6-9,16H2,1H3. The van der Waals surface area contributed by atoms with Crippen LogP contribution in [0.3, 0.4) is 0 Å². The first-order valence-electron chi connectivity index (χ1n) is 6.72. The molecule has 2 N–H and O–H groups in total. The molecule has 3 rings (SSSR count). The monoisotopic (exact) mass is 271 g/mol. The molecule has 2 heterocycles. The number of hydrogen-bond donors (Lipinski definition) is 1. The van der Waals surface area contributed by atoms with Crippen LogP contribution in [0.15, 0.2) is 28.8 Å². The van der Waals surface area contributed by atoms with Gasteiger partial charge in [0.15, 0.2) is 0 Å². The first kappa shape index (κ1) is 12.9. The van der Waals surface area contributed by atoms with Gasteiger partial charge in [-0.2, -0.15) is 0 Å². The number of hydrogen-bond acceptors (Lipinski definition) is 4. The normalized spacial score (nSPS) is 14.2. The topological polar surface area (TPSA) is 72.4 Å².